The molecule has 0 aliphatic heterocycles. The molecule has 5 heteroatoms. The van der Waals surface area contributed by atoms with Gasteiger partial charge in [-0.1, -0.05) is 13.0 Å². The number of aliphatic imine (C=N–C) groups is 1. The number of hydrogen-bond donors (Lipinski definition) is 0. The first kappa shape index (κ1) is 16.6. The Hall–Kier alpha value is -1.45. The molecule has 0 fully saturated rings. The highest BCUT2D eigenvalue weighted by Crippen LogP contribution is 2.02. The summed E-state index contributed by atoms with van der Waals surface area (Å²) in [4.78, 5) is 24.1. The lowest BCUT2D eigenvalue weighted by molar-refractivity contribution is -0.139. The minimum absolute atomic E-state index is 0.325. The zero-order chi connectivity index (χ0) is 13.6. The van der Waals surface area contributed by atoms with Gasteiger partial charge in [0.15, 0.2) is 0 Å². The number of rotatable bonds is 11. The minimum Gasteiger partial charge on any atom is -0.462 e. The fraction of sp³-hybridized carbons (Fsp3) is 0.692. The van der Waals surface area contributed by atoms with E-state index in [1.807, 2.05) is 0 Å². The van der Waals surface area contributed by atoms with Gasteiger partial charge in [-0.3, -0.25) is 0 Å². The topological polar surface area (TPSA) is 65.0 Å². The molecule has 0 bridgehead atoms. The van der Waals surface area contributed by atoms with E-state index in [2.05, 4.69) is 11.6 Å². The van der Waals surface area contributed by atoms with Crippen molar-refractivity contribution in [2.24, 2.45) is 4.99 Å². The van der Waals surface area contributed by atoms with E-state index in [9.17, 15) is 9.59 Å². The zero-order valence-electron chi connectivity index (χ0n) is 10.9. The summed E-state index contributed by atoms with van der Waals surface area (Å²) in [6.45, 7) is 7.09. The number of nitrogens with zero attached hydrogens (tertiary/aromatic N) is 1. The summed E-state index contributed by atoms with van der Waals surface area (Å²) in [5.74, 6) is -0.325. The van der Waals surface area contributed by atoms with Crippen LogP contribution in [0, 0.1) is 0 Å². The first-order valence-electron chi connectivity index (χ1n) is 6.12. The van der Waals surface area contributed by atoms with Gasteiger partial charge in [0, 0.05) is 12.2 Å². The molecular formula is C13H21NO4. The van der Waals surface area contributed by atoms with Crippen LogP contribution in [0.4, 0.5) is 0 Å². The van der Waals surface area contributed by atoms with Crippen LogP contribution in [0.1, 0.15) is 32.6 Å². The van der Waals surface area contributed by atoms with E-state index in [-0.39, 0.29) is 5.97 Å². The zero-order valence-corrected chi connectivity index (χ0v) is 10.9. The van der Waals surface area contributed by atoms with Gasteiger partial charge in [0.1, 0.15) is 0 Å². The number of hydrogen-bond acceptors (Lipinski definition) is 5. The molecule has 0 atom stereocenters. The van der Waals surface area contributed by atoms with Crippen molar-refractivity contribution in [2.75, 3.05) is 26.4 Å². The molecule has 0 heterocycles. The largest absolute Gasteiger partial charge is 0.462 e. The van der Waals surface area contributed by atoms with E-state index in [4.69, 9.17) is 9.47 Å². The molecule has 0 N–H and O–H groups in total. The van der Waals surface area contributed by atoms with E-state index in [0.717, 1.165) is 25.7 Å². The lowest BCUT2D eigenvalue weighted by Crippen LogP contribution is -2.06. The van der Waals surface area contributed by atoms with Crippen molar-refractivity contribution in [3.05, 3.63) is 12.2 Å². The molecule has 0 unspecified atom stereocenters. The van der Waals surface area contributed by atoms with E-state index < -0.39 is 0 Å². The van der Waals surface area contributed by atoms with Crippen molar-refractivity contribution in [1.29, 1.82) is 0 Å². The Balaban J connectivity index is 3.14. The molecule has 102 valence electrons. The molecule has 0 aromatic heterocycles. The summed E-state index contributed by atoms with van der Waals surface area (Å²) in [6.07, 6.45) is 5.30. The maximum atomic E-state index is 11.0. The molecule has 0 rings (SSSR count). The highest BCUT2D eigenvalue weighted by atomic mass is 16.5. The van der Waals surface area contributed by atoms with Crippen molar-refractivity contribution in [2.45, 2.75) is 32.6 Å². The molecule has 18 heavy (non-hydrogen) atoms. The lowest BCUT2D eigenvalue weighted by Gasteiger charge is -2.04. The van der Waals surface area contributed by atoms with Gasteiger partial charge in [-0.25, -0.2) is 14.6 Å². The minimum atomic E-state index is -0.325. The third-order valence-electron chi connectivity index (χ3n) is 2.18. The van der Waals surface area contributed by atoms with Crippen molar-refractivity contribution < 1.29 is 19.1 Å². The number of isocyanates is 1. The Labute approximate surface area is 108 Å². The maximum Gasteiger partial charge on any atom is 0.333 e. The van der Waals surface area contributed by atoms with Crippen molar-refractivity contribution in [3.8, 4) is 0 Å². The Morgan fingerprint density at radius 1 is 1.17 bits per heavy atom. The first-order valence-corrected chi connectivity index (χ1v) is 6.12. The molecule has 0 amide bonds. The predicted octanol–water partition coefficient (Wildman–Crippen LogP) is 2.02. The molecule has 0 aromatic carbocycles. The Morgan fingerprint density at radius 3 is 2.44 bits per heavy atom. The molecule has 0 spiro atoms. The quantitative estimate of drug-likeness (QED) is 0.186. The van der Waals surface area contributed by atoms with Gasteiger partial charge in [0.25, 0.3) is 0 Å². The standard InChI is InChI=1S/C13H21NO4/c1-12(2)13(16)18-9-6-4-3-5-8-17-10-7-14-11-15/h1,3-10H2,2H3. The number of carbonyl (C=O) groups excluding carboxylic acids is 2. The highest BCUT2D eigenvalue weighted by Gasteiger charge is 2.01. The second-order valence-corrected chi connectivity index (χ2v) is 3.92. The van der Waals surface area contributed by atoms with Crippen LogP contribution >= 0.6 is 0 Å². The number of carbonyl (C=O) groups is 1. The van der Waals surface area contributed by atoms with E-state index in [0.29, 0.717) is 31.9 Å². The van der Waals surface area contributed by atoms with Gasteiger partial charge < -0.3 is 9.47 Å². The van der Waals surface area contributed by atoms with E-state index in [1.165, 1.54) is 6.08 Å². The summed E-state index contributed by atoms with van der Waals surface area (Å²) in [7, 11) is 0. The highest BCUT2D eigenvalue weighted by molar-refractivity contribution is 5.86. The second-order valence-electron chi connectivity index (χ2n) is 3.92. The molecular weight excluding hydrogens is 234 g/mol. The average molecular weight is 255 g/mol. The van der Waals surface area contributed by atoms with Gasteiger partial charge in [-0.05, 0) is 26.2 Å². The molecule has 5 nitrogen and oxygen atoms in total. The number of esters is 1. The fourth-order valence-electron chi connectivity index (χ4n) is 1.21. The van der Waals surface area contributed by atoms with Crippen LogP contribution in [0.15, 0.2) is 17.1 Å². The fourth-order valence-corrected chi connectivity index (χ4v) is 1.21. The predicted molar refractivity (Wildman–Crippen MR) is 68.0 cm³/mol. The smallest absolute Gasteiger partial charge is 0.333 e. The maximum absolute atomic E-state index is 11.0. The van der Waals surface area contributed by atoms with Crippen LogP contribution in [0.5, 0.6) is 0 Å². The molecule has 0 saturated heterocycles. The Kier molecular flexibility index (Phi) is 11.1. The monoisotopic (exact) mass is 255 g/mol. The van der Waals surface area contributed by atoms with Crippen LogP contribution < -0.4 is 0 Å². The summed E-state index contributed by atoms with van der Waals surface area (Å²) >= 11 is 0. The number of ether oxygens (including phenoxy) is 2. The molecule has 0 aliphatic rings. The van der Waals surface area contributed by atoms with Gasteiger partial charge in [-0.15, -0.1) is 0 Å². The number of unbranched alkanes of at least 4 members (excludes halogenated alkanes) is 3. The third kappa shape index (κ3) is 11.0. The summed E-state index contributed by atoms with van der Waals surface area (Å²) in [5.41, 5.74) is 0.432. The van der Waals surface area contributed by atoms with Gasteiger partial charge in [0.2, 0.25) is 6.08 Å². The summed E-state index contributed by atoms with van der Waals surface area (Å²) in [6, 6.07) is 0. The summed E-state index contributed by atoms with van der Waals surface area (Å²) in [5, 5.41) is 0. The first-order chi connectivity index (χ1) is 8.68. The van der Waals surface area contributed by atoms with E-state index >= 15 is 0 Å². The van der Waals surface area contributed by atoms with Crippen molar-refractivity contribution >= 4 is 12.0 Å². The van der Waals surface area contributed by atoms with Gasteiger partial charge in [-0.2, -0.15) is 0 Å². The van der Waals surface area contributed by atoms with Crippen LogP contribution in [0.2, 0.25) is 0 Å². The molecule has 0 aromatic rings. The summed E-state index contributed by atoms with van der Waals surface area (Å²) < 4.78 is 10.2. The second kappa shape index (κ2) is 12.0. The SMILES string of the molecule is C=C(C)C(=O)OCCCCCCOCCN=C=O. The van der Waals surface area contributed by atoms with Crippen molar-refractivity contribution in [3.63, 3.8) is 0 Å². The molecule has 0 radical (unpaired) electrons. The van der Waals surface area contributed by atoms with Gasteiger partial charge >= 0.3 is 5.97 Å². The van der Waals surface area contributed by atoms with Crippen LogP contribution in [-0.2, 0) is 19.1 Å². The lowest BCUT2D eigenvalue weighted by atomic mass is 10.2. The third-order valence-corrected chi connectivity index (χ3v) is 2.18. The van der Waals surface area contributed by atoms with Crippen LogP contribution in [0.25, 0.3) is 0 Å². The van der Waals surface area contributed by atoms with Crippen LogP contribution in [-0.4, -0.2) is 38.4 Å². The average Bonchev–Trinajstić information content (AvgIpc) is 2.35. The van der Waals surface area contributed by atoms with Crippen LogP contribution in [0.3, 0.4) is 0 Å². The van der Waals surface area contributed by atoms with Crippen molar-refractivity contribution in [1.82, 2.24) is 0 Å². The Morgan fingerprint density at radius 2 is 1.83 bits per heavy atom. The van der Waals surface area contributed by atoms with E-state index in [1.54, 1.807) is 6.92 Å². The molecule has 0 saturated carbocycles. The molecule has 0 aliphatic carbocycles. The Bertz CT molecular complexity index is 295. The normalized spacial score (nSPS) is 9.61. The van der Waals surface area contributed by atoms with Gasteiger partial charge in [0.05, 0.1) is 19.8 Å².